The molecule has 22 heavy (non-hydrogen) atoms. The summed E-state index contributed by atoms with van der Waals surface area (Å²) in [4.78, 5) is 4.38. The molecule has 0 aliphatic heterocycles. The highest BCUT2D eigenvalue weighted by molar-refractivity contribution is 7.89. The second-order valence-corrected chi connectivity index (χ2v) is 7.51. The molecule has 6 nitrogen and oxygen atoms in total. The smallest absolute Gasteiger partial charge is 0.244 e. The van der Waals surface area contributed by atoms with Gasteiger partial charge in [-0.3, -0.25) is 0 Å². The SMILES string of the molecule is Cc1ccc(S(=O)(=O)NC(CC(C)C)c2nc(C)no2)cc1. The number of aromatic nitrogens is 2. The molecule has 2 rings (SSSR count). The van der Waals surface area contributed by atoms with Crippen LogP contribution in [-0.2, 0) is 10.0 Å². The van der Waals surface area contributed by atoms with Gasteiger partial charge in [-0.2, -0.15) is 9.71 Å². The second kappa shape index (κ2) is 6.58. The van der Waals surface area contributed by atoms with Gasteiger partial charge in [-0.25, -0.2) is 8.42 Å². The van der Waals surface area contributed by atoms with Crippen LogP contribution in [0.3, 0.4) is 0 Å². The molecule has 0 bridgehead atoms. The molecule has 0 fully saturated rings. The molecule has 1 unspecified atom stereocenters. The third-order valence-corrected chi connectivity index (χ3v) is 4.66. The van der Waals surface area contributed by atoms with E-state index in [1.807, 2.05) is 20.8 Å². The first-order valence-corrected chi connectivity index (χ1v) is 8.65. The van der Waals surface area contributed by atoms with Gasteiger partial charge in [0, 0.05) is 0 Å². The lowest BCUT2D eigenvalue weighted by Gasteiger charge is -2.17. The van der Waals surface area contributed by atoms with Crippen molar-refractivity contribution in [3.8, 4) is 0 Å². The number of aryl methyl sites for hydroxylation is 2. The van der Waals surface area contributed by atoms with Gasteiger partial charge in [0.25, 0.3) is 0 Å². The van der Waals surface area contributed by atoms with Crippen molar-refractivity contribution in [2.75, 3.05) is 0 Å². The lowest BCUT2D eigenvalue weighted by atomic mass is 10.0. The highest BCUT2D eigenvalue weighted by Gasteiger charge is 2.26. The minimum Gasteiger partial charge on any atom is -0.338 e. The van der Waals surface area contributed by atoms with E-state index in [0.717, 1.165) is 5.56 Å². The van der Waals surface area contributed by atoms with Crippen LogP contribution in [0.25, 0.3) is 0 Å². The summed E-state index contributed by atoms with van der Waals surface area (Å²) >= 11 is 0. The topological polar surface area (TPSA) is 85.1 Å². The van der Waals surface area contributed by atoms with Gasteiger partial charge in [-0.1, -0.05) is 36.7 Å². The fourth-order valence-electron chi connectivity index (χ4n) is 2.10. The van der Waals surface area contributed by atoms with E-state index in [9.17, 15) is 8.42 Å². The van der Waals surface area contributed by atoms with Gasteiger partial charge in [-0.05, 0) is 38.3 Å². The van der Waals surface area contributed by atoms with Gasteiger partial charge in [0.1, 0.15) is 6.04 Å². The molecule has 1 aromatic heterocycles. The van der Waals surface area contributed by atoms with Gasteiger partial charge in [0.05, 0.1) is 4.90 Å². The lowest BCUT2D eigenvalue weighted by molar-refractivity contribution is 0.322. The Kier molecular flexibility index (Phi) is 4.97. The molecule has 0 aliphatic rings. The predicted octanol–water partition coefficient (Wildman–Crippen LogP) is 2.75. The number of nitrogens with one attached hydrogen (secondary N) is 1. The Balaban J connectivity index is 2.27. The molecule has 0 saturated heterocycles. The summed E-state index contributed by atoms with van der Waals surface area (Å²) in [6, 6.07) is 6.17. The molecule has 0 saturated carbocycles. The van der Waals surface area contributed by atoms with E-state index in [-0.39, 0.29) is 10.8 Å². The van der Waals surface area contributed by atoms with E-state index in [4.69, 9.17) is 4.52 Å². The lowest BCUT2D eigenvalue weighted by Crippen LogP contribution is -2.30. The van der Waals surface area contributed by atoms with E-state index in [0.29, 0.717) is 18.1 Å². The summed E-state index contributed by atoms with van der Waals surface area (Å²) < 4.78 is 32.8. The standard InChI is InChI=1S/C15H21N3O3S/c1-10(2)9-14(15-16-12(4)17-21-15)18-22(19,20)13-7-5-11(3)6-8-13/h5-8,10,14,18H,9H2,1-4H3. The minimum absolute atomic E-state index is 0.225. The molecule has 0 radical (unpaired) electrons. The normalized spacial score (nSPS) is 13.5. The first-order chi connectivity index (χ1) is 10.3. The second-order valence-electron chi connectivity index (χ2n) is 5.80. The molecule has 0 amide bonds. The Morgan fingerprint density at radius 3 is 2.32 bits per heavy atom. The molecular formula is C15H21N3O3S. The highest BCUT2D eigenvalue weighted by atomic mass is 32.2. The van der Waals surface area contributed by atoms with Gasteiger partial charge in [0.2, 0.25) is 15.9 Å². The maximum atomic E-state index is 12.5. The van der Waals surface area contributed by atoms with Crippen molar-refractivity contribution >= 4 is 10.0 Å². The van der Waals surface area contributed by atoms with Gasteiger partial charge in [0.15, 0.2) is 5.82 Å². The quantitative estimate of drug-likeness (QED) is 0.883. The van der Waals surface area contributed by atoms with Crippen molar-refractivity contribution in [1.29, 1.82) is 0 Å². The Morgan fingerprint density at radius 2 is 1.82 bits per heavy atom. The van der Waals surface area contributed by atoms with E-state index in [1.54, 1.807) is 31.2 Å². The number of nitrogens with zero attached hydrogens (tertiary/aromatic N) is 2. The van der Waals surface area contributed by atoms with Crippen molar-refractivity contribution in [2.24, 2.45) is 5.92 Å². The zero-order valence-electron chi connectivity index (χ0n) is 13.2. The van der Waals surface area contributed by atoms with E-state index in [1.165, 1.54) is 0 Å². The van der Waals surface area contributed by atoms with E-state index < -0.39 is 16.1 Å². The van der Waals surface area contributed by atoms with Crippen molar-refractivity contribution in [3.63, 3.8) is 0 Å². The zero-order valence-corrected chi connectivity index (χ0v) is 14.0. The molecule has 120 valence electrons. The summed E-state index contributed by atoms with van der Waals surface area (Å²) in [5.74, 6) is 1.05. The number of rotatable bonds is 6. The predicted molar refractivity (Wildman–Crippen MR) is 82.7 cm³/mol. The van der Waals surface area contributed by atoms with Crippen molar-refractivity contribution < 1.29 is 12.9 Å². The molecule has 1 atom stereocenters. The Labute approximate surface area is 131 Å². The molecular weight excluding hydrogens is 302 g/mol. The third-order valence-electron chi connectivity index (χ3n) is 3.18. The summed E-state index contributed by atoms with van der Waals surface area (Å²) in [5.41, 5.74) is 1.00. The summed E-state index contributed by atoms with van der Waals surface area (Å²) in [7, 11) is -3.64. The monoisotopic (exact) mass is 323 g/mol. The van der Waals surface area contributed by atoms with Crippen LogP contribution in [0.2, 0.25) is 0 Å². The highest BCUT2D eigenvalue weighted by Crippen LogP contribution is 2.23. The Morgan fingerprint density at radius 1 is 1.18 bits per heavy atom. The van der Waals surface area contributed by atoms with Crippen LogP contribution < -0.4 is 4.72 Å². The van der Waals surface area contributed by atoms with Crippen LogP contribution in [0.5, 0.6) is 0 Å². The number of hydrogen-bond donors (Lipinski definition) is 1. The summed E-state index contributed by atoms with van der Waals surface area (Å²) in [5, 5.41) is 3.74. The maximum Gasteiger partial charge on any atom is 0.244 e. The van der Waals surface area contributed by atoms with Crippen molar-refractivity contribution in [2.45, 2.75) is 45.1 Å². The van der Waals surface area contributed by atoms with Crippen LogP contribution in [0.4, 0.5) is 0 Å². The number of sulfonamides is 1. The Bertz CT molecular complexity index is 721. The fourth-order valence-corrected chi connectivity index (χ4v) is 3.30. The van der Waals surface area contributed by atoms with Crippen molar-refractivity contribution in [1.82, 2.24) is 14.9 Å². The summed E-state index contributed by atoms with van der Waals surface area (Å²) in [6.45, 7) is 7.63. The Hall–Kier alpha value is -1.73. The molecule has 2 aromatic rings. The molecule has 7 heteroatoms. The van der Waals surface area contributed by atoms with Crippen molar-refractivity contribution in [3.05, 3.63) is 41.5 Å². The largest absolute Gasteiger partial charge is 0.338 e. The average Bonchev–Trinajstić information content (AvgIpc) is 2.84. The molecule has 0 aliphatic carbocycles. The molecule has 0 spiro atoms. The first-order valence-electron chi connectivity index (χ1n) is 7.17. The molecule has 1 N–H and O–H groups in total. The van der Waals surface area contributed by atoms with Crippen LogP contribution in [0, 0.1) is 19.8 Å². The first kappa shape index (κ1) is 16.6. The fraction of sp³-hybridized carbons (Fsp3) is 0.467. The zero-order chi connectivity index (χ0) is 16.3. The average molecular weight is 323 g/mol. The van der Waals surface area contributed by atoms with E-state index in [2.05, 4.69) is 14.9 Å². The van der Waals surface area contributed by atoms with Crippen LogP contribution in [0.1, 0.15) is 43.6 Å². The summed E-state index contributed by atoms with van der Waals surface area (Å²) in [6.07, 6.45) is 0.576. The van der Waals surface area contributed by atoms with Crippen LogP contribution in [0.15, 0.2) is 33.7 Å². The molecule has 1 heterocycles. The van der Waals surface area contributed by atoms with Crippen LogP contribution in [-0.4, -0.2) is 18.6 Å². The number of benzene rings is 1. The van der Waals surface area contributed by atoms with Gasteiger partial charge < -0.3 is 4.52 Å². The van der Waals surface area contributed by atoms with E-state index >= 15 is 0 Å². The van der Waals surface area contributed by atoms with Gasteiger partial charge in [-0.15, -0.1) is 0 Å². The third kappa shape index (κ3) is 4.14. The van der Waals surface area contributed by atoms with Crippen LogP contribution >= 0.6 is 0 Å². The maximum absolute atomic E-state index is 12.5. The van der Waals surface area contributed by atoms with Gasteiger partial charge >= 0.3 is 0 Å². The molecule has 1 aromatic carbocycles. The number of hydrogen-bond acceptors (Lipinski definition) is 5. The minimum atomic E-state index is -3.64.